The summed E-state index contributed by atoms with van der Waals surface area (Å²) in [4.78, 5) is 0.132. The minimum Gasteiger partial charge on any atom is -0.503 e. The molecule has 9 heteroatoms. The maximum absolute atomic E-state index is 9.30. The molecule has 0 saturated carbocycles. The predicted octanol–water partition coefficient (Wildman–Crippen LogP) is -1.28. The van der Waals surface area contributed by atoms with Crippen molar-refractivity contribution in [1.82, 2.24) is 14.4 Å². The lowest BCUT2D eigenvalue weighted by molar-refractivity contribution is -0.0110. The molecule has 2 aromatic rings. The van der Waals surface area contributed by atoms with Gasteiger partial charge in [-0.3, -0.25) is 5.41 Å². The van der Waals surface area contributed by atoms with Crippen molar-refractivity contribution in [2.75, 3.05) is 5.73 Å². The van der Waals surface area contributed by atoms with Crippen LogP contribution >= 0.6 is 0 Å². The third kappa shape index (κ3) is 0.620. The lowest BCUT2D eigenvalue weighted by Crippen LogP contribution is -2.20. The van der Waals surface area contributed by atoms with E-state index in [-0.39, 0.29) is 20.7 Å². The van der Waals surface area contributed by atoms with Gasteiger partial charge in [0.05, 0.1) is 0 Å². The molecule has 0 fully saturated rings. The molecule has 0 aliphatic rings. The van der Waals surface area contributed by atoms with Crippen LogP contribution in [-0.4, -0.2) is 35.1 Å². The molecule has 0 aliphatic carbocycles. The molecule has 0 aromatic carbocycles. The molecule has 9 nitrogen and oxygen atoms in total. The minimum atomic E-state index is -0.619. The Morgan fingerprint density at radius 3 is 2.14 bits per heavy atom. The molecule has 76 valence electrons. The summed E-state index contributed by atoms with van der Waals surface area (Å²) in [5, 5.41) is 44.0. The summed E-state index contributed by atoms with van der Waals surface area (Å²) in [6, 6.07) is 0. The number of hydrogen-bond donors (Lipinski definition) is 6. The van der Waals surface area contributed by atoms with Crippen LogP contribution in [0.15, 0.2) is 0 Å². The molecule has 14 heavy (non-hydrogen) atoms. The first kappa shape index (κ1) is 8.16. The summed E-state index contributed by atoms with van der Waals surface area (Å²) in [5.74, 6) is -1.04. The first-order valence-electron chi connectivity index (χ1n) is 3.46. The van der Waals surface area contributed by atoms with Crippen LogP contribution in [0.25, 0.3) is 11.0 Å². The van der Waals surface area contributed by atoms with Crippen molar-refractivity contribution >= 4 is 16.9 Å². The summed E-state index contributed by atoms with van der Waals surface area (Å²) >= 11 is 0. The van der Waals surface area contributed by atoms with Gasteiger partial charge in [0, 0.05) is 0 Å². The second-order valence-corrected chi connectivity index (χ2v) is 2.67. The molecule has 2 aromatic heterocycles. The molecule has 0 saturated heterocycles. The van der Waals surface area contributed by atoms with Crippen LogP contribution in [0, 0.1) is 5.41 Å². The number of nitrogens with one attached hydrogen (secondary N) is 1. The zero-order valence-electron chi connectivity index (χ0n) is 6.71. The van der Waals surface area contributed by atoms with Crippen LogP contribution in [0.4, 0.5) is 5.82 Å². The Bertz CT molecular complexity index is 575. The number of nitrogens with two attached hydrogens (primary N) is 1. The smallest absolute Gasteiger partial charge is 0.213 e. The number of nitrogen functional groups attached to an aromatic ring is 1. The van der Waals surface area contributed by atoms with Gasteiger partial charge in [-0.15, -0.1) is 0 Å². The van der Waals surface area contributed by atoms with E-state index in [4.69, 9.17) is 21.6 Å². The monoisotopic (exact) mass is 201 g/mol. The maximum Gasteiger partial charge on any atom is 0.213 e. The summed E-state index contributed by atoms with van der Waals surface area (Å²) in [6.45, 7) is 0. The van der Waals surface area contributed by atoms with E-state index in [0.717, 1.165) is 0 Å². The van der Waals surface area contributed by atoms with Gasteiger partial charge < -0.3 is 26.5 Å². The van der Waals surface area contributed by atoms with Gasteiger partial charge in [0.2, 0.25) is 5.49 Å². The SMILES string of the molecule is N=c1c2c(c(O)c(N)n2O)n(O)n1O. The fraction of sp³-hybridized carbons (Fsp3) is 0. The normalized spacial score (nSPS) is 11.1. The Morgan fingerprint density at radius 2 is 1.64 bits per heavy atom. The number of nitrogens with zero attached hydrogens (tertiary/aromatic N) is 3. The zero-order valence-corrected chi connectivity index (χ0v) is 6.71. The topological polar surface area (TPSA) is 146 Å². The second-order valence-electron chi connectivity index (χ2n) is 2.67. The number of hydrogen-bond acceptors (Lipinski definition) is 6. The van der Waals surface area contributed by atoms with E-state index in [0.29, 0.717) is 4.73 Å². The van der Waals surface area contributed by atoms with Crippen LogP contribution in [0.3, 0.4) is 0 Å². The first-order chi connectivity index (χ1) is 6.46. The molecule has 0 unspecified atom stereocenters. The van der Waals surface area contributed by atoms with E-state index in [1.165, 1.54) is 0 Å². The Morgan fingerprint density at radius 1 is 1.07 bits per heavy atom. The van der Waals surface area contributed by atoms with E-state index in [1.807, 2.05) is 0 Å². The number of rotatable bonds is 0. The van der Waals surface area contributed by atoms with Crippen LogP contribution in [-0.2, 0) is 0 Å². The molecule has 0 bridgehead atoms. The van der Waals surface area contributed by atoms with Crippen LogP contribution < -0.4 is 11.2 Å². The Labute approximate surface area is 75.4 Å². The molecular weight excluding hydrogens is 194 g/mol. The predicted molar refractivity (Wildman–Crippen MR) is 41.4 cm³/mol. The van der Waals surface area contributed by atoms with E-state index in [9.17, 15) is 10.3 Å². The fourth-order valence-corrected chi connectivity index (χ4v) is 1.24. The second kappa shape index (κ2) is 2.07. The highest BCUT2D eigenvalue weighted by atomic mass is 16.6. The third-order valence-corrected chi connectivity index (χ3v) is 1.93. The highest BCUT2D eigenvalue weighted by molar-refractivity contribution is 5.88. The van der Waals surface area contributed by atoms with Gasteiger partial charge in [-0.1, -0.05) is 9.69 Å². The lowest BCUT2D eigenvalue weighted by Gasteiger charge is -1.98. The van der Waals surface area contributed by atoms with Gasteiger partial charge in [0.25, 0.3) is 0 Å². The van der Waals surface area contributed by atoms with Gasteiger partial charge in [-0.25, -0.2) is 0 Å². The third-order valence-electron chi connectivity index (χ3n) is 1.93. The van der Waals surface area contributed by atoms with E-state index in [2.05, 4.69) is 0 Å². The van der Waals surface area contributed by atoms with Crippen molar-refractivity contribution < 1.29 is 20.7 Å². The summed E-state index contributed by atoms with van der Waals surface area (Å²) in [6.07, 6.45) is 0. The number of anilines is 1. The number of aromatic hydroxyl groups is 1. The maximum atomic E-state index is 9.30. The molecule has 0 atom stereocenters. The fourth-order valence-electron chi connectivity index (χ4n) is 1.24. The van der Waals surface area contributed by atoms with Crippen LogP contribution in [0.2, 0.25) is 0 Å². The molecular formula is C5H7N5O4. The first-order valence-corrected chi connectivity index (χ1v) is 3.46. The van der Waals surface area contributed by atoms with Crippen molar-refractivity contribution in [2.24, 2.45) is 0 Å². The van der Waals surface area contributed by atoms with Crippen molar-refractivity contribution in [1.29, 1.82) is 5.41 Å². The van der Waals surface area contributed by atoms with E-state index >= 15 is 0 Å². The molecule has 0 aliphatic heterocycles. The largest absolute Gasteiger partial charge is 0.503 e. The summed E-state index contributed by atoms with van der Waals surface area (Å²) in [5.41, 5.74) is 3.95. The average Bonchev–Trinajstić information content (AvgIpc) is 2.51. The van der Waals surface area contributed by atoms with Gasteiger partial charge in [0.15, 0.2) is 22.6 Å². The molecule has 7 N–H and O–H groups in total. The van der Waals surface area contributed by atoms with Gasteiger partial charge >= 0.3 is 0 Å². The van der Waals surface area contributed by atoms with Crippen LogP contribution in [0.1, 0.15) is 0 Å². The summed E-state index contributed by atoms with van der Waals surface area (Å²) in [7, 11) is 0. The van der Waals surface area contributed by atoms with E-state index in [1.54, 1.807) is 0 Å². The highest BCUT2D eigenvalue weighted by Crippen LogP contribution is 2.30. The number of aromatic nitrogens is 3. The van der Waals surface area contributed by atoms with Crippen molar-refractivity contribution in [3.63, 3.8) is 0 Å². The number of fused-ring (bicyclic) bond motifs is 1. The Hall–Kier alpha value is -2.45. The lowest BCUT2D eigenvalue weighted by atomic mass is 10.4. The van der Waals surface area contributed by atoms with Crippen molar-refractivity contribution in [3.05, 3.63) is 5.49 Å². The van der Waals surface area contributed by atoms with Crippen LogP contribution in [0.5, 0.6) is 5.75 Å². The molecule has 2 rings (SSSR count). The molecule has 0 amide bonds. The van der Waals surface area contributed by atoms with Gasteiger partial charge in [0.1, 0.15) is 0 Å². The van der Waals surface area contributed by atoms with E-state index < -0.39 is 17.1 Å². The van der Waals surface area contributed by atoms with Crippen molar-refractivity contribution in [2.45, 2.75) is 0 Å². The Balaban J connectivity index is 3.17. The minimum absolute atomic E-state index is 0.0382. The highest BCUT2D eigenvalue weighted by Gasteiger charge is 2.23. The van der Waals surface area contributed by atoms with Gasteiger partial charge in [-0.05, 0) is 0 Å². The zero-order chi connectivity index (χ0) is 10.6. The van der Waals surface area contributed by atoms with Gasteiger partial charge in [-0.2, -0.15) is 4.73 Å². The molecule has 0 radical (unpaired) electrons. The standard InChI is InChI=1S/C5H7N5O4/c6-4-2-1(9(13)10(4)14)3(11)5(7)8(2)12/h6,11-14H,7H2. The average molecular weight is 201 g/mol. The quantitative estimate of drug-likeness (QED) is 0.294. The molecule has 2 heterocycles. The molecule has 0 spiro atoms. The van der Waals surface area contributed by atoms with Crippen molar-refractivity contribution in [3.8, 4) is 5.75 Å². The Kier molecular flexibility index (Phi) is 1.21. The summed E-state index contributed by atoms with van der Waals surface area (Å²) < 4.78 is 0.298.